The van der Waals surface area contributed by atoms with Gasteiger partial charge in [0.15, 0.2) is 0 Å². The number of carbonyl (C=O) groups excluding carboxylic acids is 2. The Morgan fingerprint density at radius 3 is 2.33 bits per heavy atom. The van der Waals surface area contributed by atoms with Gasteiger partial charge in [0, 0.05) is 18.7 Å². The van der Waals surface area contributed by atoms with Crippen LogP contribution in [0.15, 0.2) is 24.3 Å². The van der Waals surface area contributed by atoms with E-state index >= 15 is 0 Å². The van der Waals surface area contributed by atoms with Crippen molar-refractivity contribution >= 4 is 23.4 Å². The van der Waals surface area contributed by atoms with Crippen LogP contribution in [-0.4, -0.2) is 32.1 Å². The minimum atomic E-state index is -1.21. The summed E-state index contributed by atoms with van der Waals surface area (Å²) in [5.41, 5.74) is -0.349. The number of Topliss-reactive ketones (excluding diaryl/α,β-unsaturated/α-hetero) is 1. The molecule has 5 heteroatoms. The number of benzene rings is 1. The van der Waals surface area contributed by atoms with Crippen molar-refractivity contribution in [2.75, 3.05) is 20.3 Å². The molecule has 0 bridgehead atoms. The maximum atomic E-state index is 12.4. The van der Waals surface area contributed by atoms with E-state index in [1.165, 1.54) is 6.92 Å². The lowest BCUT2D eigenvalue weighted by atomic mass is 9.75. The Morgan fingerprint density at radius 2 is 1.86 bits per heavy atom. The summed E-state index contributed by atoms with van der Waals surface area (Å²) in [5, 5.41) is 0.611. The third kappa shape index (κ3) is 4.55. The van der Waals surface area contributed by atoms with Crippen LogP contribution in [0.25, 0.3) is 0 Å². The average molecular weight is 313 g/mol. The van der Waals surface area contributed by atoms with Crippen molar-refractivity contribution in [3.63, 3.8) is 0 Å². The highest BCUT2D eigenvalue weighted by atomic mass is 35.5. The van der Waals surface area contributed by atoms with Crippen molar-refractivity contribution in [2.45, 2.75) is 26.7 Å². The number of halogens is 1. The number of esters is 1. The lowest BCUT2D eigenvalue weighted by Gasteiger charge is -2.28. The second-order valence-corrected chi connectivity index (χ2v) is 5.34. The number of hydrogen-bond donors (Lipinski definition) is 0. The molecule has 0 N–H and O–H groups in total. The summed E-state index contributed by atoms with van der Waals surface area (Å²) in [6, 6.07) is 7.10. The van der Waals surface area contributed by atoms with Crippen molar-refractivity contribution in [1.82, 2.24) is 0 Å². The van der Waals surface area contributed by atoms with Crippen molar-refractivity contribution in [3.8, 4) is 0 Å². The van der Waals surface area contributed by atoms with Crippen LogP contribution in [-0.2, 0) is 25.5 Å². The van der Waals surface area contributed by atoms with Crippen molar-refractivity contribution < 1.29 is 19.1 Å². The van der Waals surface area contributed by atoms with Crippen LogP contribution in [0.3, 0.4) is 0 Å². The van der Waals surface area contributed by atoms with E-state index in [9.17, 15) is 9.59 Å². The fourth-order valence-electron chi connectivity index (χ4n) is 2.20. The van der Waals surface area contributed by atoms with Gasteiger partial charge in [0.1, 0.15) is 11.2 Å². The predicted molar refractivity (Wildman–Crippen MR) is 81.4 cm³/mol. The summed E-state index contributed by atoms with van der Waals surface area (Å²) in [6.45, 7) is 3.69. The molecule has 0 heterocycles. The molecule has 1 aromatic carbocycles. The lowest BCUT2D eigenvalue weighted by molar-refractivity contribution is -0.161. The second kappa shape index (κ2) is 8.15. The molecule has 1 rings (SSSR count). The largest absolute Gasteiger partial charge is 0.465 e. The number of ketones is 1. The third-order valence-electron chi connectivity index (χ3n) is 3.49. The first-order valence-corrected chi connectivity index (χ1v) is 7.25. The zero-order chi connectivity index (χ0) is 15.9. The standard InChI is InChI=1S/C16H21ClO4/c1-4-21-15(19)16(12(2)18,9-10-20-3)11-13-5-7-14(17)8-6-13/h5-8H,4,9-11H2,1-3H3. The smallest absolute Gasteiger partial charge is 0.320 e. The Hall–Kier alpha value is -1.39. The monoisotopic (exact) mass is 312 g/mol. The van der Waals surface area contributed by atoms with E-state index in [1.54, 1.807) is 26.2 Å². The van der Waals surface area contributed by atoms with Crippen LogP contribution in [0.4, 0.5) is 0 Å². The summed E-state index contributed by atoms with van der Waals surface area (Å²) < 4.78 is 10.2. The highest BCUT2D eigenvalue weighted by Crippen LogP contribution is 2.31. The van der Waals surface area contributed by atoms with Crippen LogP contribution in [0.1, 0.15) is 25.8 Å². The average Bonchev–Trinajstić information content (AvgIpc) is 2.45. The Labute approximate surface area is 130 Å². The van der Waals surface area contributed by atoms with Gasteiger partial charge in [0.05, 0.1) is 6.61 Å². The maximum Gasteiger partial charge on any atom is 0.320 e. The van der Waals surface area contributed by atoms with E-state index in [2.05, 4.69) is 0 Å². The molecule has 21 heavy (non-hydrogen) atoms. The van der Waals surface area contributed by atoms with E-state index in [0.717, 1.165) is 5.56 Å². The van der Waals surface area contributed by atoms with Gasteiger partial charge in [-0.3, -0.25) is 9.59 Å². The Morgan fingerprint density at radius 1 is 1.24 bits per heavy atom. The molecule has 116 valence electrons. The molecular formula is C16H21ClO4. The fraction of sp³-hybridized carbons (Fsp3) is 0.500. The summed E-state index contributed by atoms with van der Waals surface area (Å²) >= 11 is 5.86. The second-order valence-electron chi connectivity index (χ2n) is 4.90. The molecule has 0 aliphatic carbocycles. The van der Waals surface area contributed by atoms with Gasteiger partial charge in [-0.05, 0) is 44.4 Å². The molecule has 0 saturated heterocycles. The number of hydrogen-bond acceptors (Lipinski definition) is 4. The highest BCUT2D eigenvalue weighted by Gasteiger charge is 2.44. The molecule has 0 aromatic heterocycles. The van der Waals surface area contributed by atoms with Gasteiger partial charge >= 0.3 is 5.97 Å². The zero-order valence-corrected chi connectivity index (χ0v) is 13.4. The van der Waals surface area contributed by atoms with Crippen molar-refractivity contribution in [2.24, 2.45) is 5.41 Å². The number of carbonyl (C=O) groups is 2. The number of rotatable bonds is 8. The molecule has 1 aromatic rings. The first-order valence-electron chi connectivity index (χ1n) is 6.88. The minimum absolute atomic E-state index is 0.215. The summed E-state index contributed by atoms with van der Waals surface area (Å²) in [5.74, 6) is -0.711. The molecular weight excluding hydrogens is 292 g/mol. The van der Waals surface area contributed by atoms with E-state index in [1.807, 2.05) is 12.1 Å². The molecule has 1 unspecified atom stereocenters. The van der Waals surface area contributed by atoms with Crippen LogP contribution >= 0.6 is 11.6 Å². The third-order valence-corrected chi connectivity index (χ3v) is 3.74. The predicted octanol–water partition coefficient (Wildman–Crippen LogP) is 3.06. The van der Waals surface area contributed by atoms with Gasteiger partial charge in [-0.25, -0.2) is 0 Å². The molecule has 0 spiro atoms. The normalized spacial score (nSPS) is 13.5. The van der Waals surface area contributed by atoms with Gasteiger partial charge in [-0.1, -0.05) is 23.7 Å². The molecule has 1 atom stereocenters. The molecule has 4 nitrogen and oxygen atoms in total. The Bertz CT molecular complexity index is 484. The molecule has 0 saturated carbocycles. The SMILES string of the molecule is CCOC(=O)C(CCOC)(Cc1ccc(Cl)cc1)C(C)=O. The summed E-state index contributed by atoms with van der Waals surface area (Å²) in [7, 11) is 1.54. The maximum absolute atomic E-state index is 12.4. The zero-order valence-electron chi connectivity index (χ0n) is 12.6. The Kier molecular flexibility index (Phi) is 6.85. The van der Waals surface area contributed by atoms with Gasteiger partial charge in [-0.15, -0.1) is 0 Å². The van der Waals surface area contributed by atoms with E-state index in [0.29, 0.717) is 18.1 Å². The highest BCUT2D eigenvalue weighted by molar-refractivity contribution is 6.30. The Balaban J connectivity index is 3.11. The van der Waals surface area contributed by atoms with Gasteiger partial charge in [-0.2, -0.15) is 0 Å². The van der Waals surface area contributed by atoms with Gasteiger partial charge < -0.3 is 9.47 Å². The first-order chi connectivity index (χ1) is 9.96. The van der Waals surface area contributed by atoms with Crippen LogP contribution < -0.4 is 0 Å². The van der Waals surface area contributed by atoms with Gasteiger partial charge in [0.25, 0.3) is 0 Å². The van der Waals surface area contributed by atoms with E-state index in [4.69, 9.17) is 21.1 Å². The van der Waals surface area contributed by atoms with Crippen molar-refractivity contribution in [3.05, 3.63) is 34.9 Å². The number of methoxy groups -OCH3 is 1. The quantitative estimate of drug-likeness (QED) is 0.547. The summed E-state index contributed by atoms with van der Waals surface area (Å²) in [6.07, 6.45) is 0.571. The summed E-state index contributed by atoms with van der Waals surface area (Å²) in [4.78, 5) is 24.5. The molecule has 0 radical (unpaired) electrons. The molecule has 0 aliphatic rings. The van der Waals surface area contributed by atoms with Crippen LogP contribution in [0.2, 0.25) is 5.02 Å². The van der Waals surface area contributed by atoms with E-state index < -0.39 is 11.4 Å². The topological polar surface area (TPSA) is 52.6 Å². The minimum Gasteiger partial charge on any atom is -0.465 e. The van der Waals surface area contributed by atoms with E-state index in [-0.39, 0.29) is 18.8 Å². The molecule has 0 amide bonds. The molecule has 0 fully saturated rings. The number of ether oxygens (including phenoxy) is 2. The van der Waals surface area contributed by atoms with Gasteiger partial charge in [0.2, 0.25) is 0 Å². The van der Waals surface area contributed by atoms with Crippen LogP contribution in [0.5, 0.6) is 0 Å². The van der Waals surface area contributed by atoms with Crippen LogP contribution in [0, 0.1) is 5.41 Å². The van der Waals surface area contributed by atoms with Crippen molar-refractivity contribution in [1.29, 1.82) is 0 Å². The first kappa shape index (κ1) is 17.7. The molecule has 0 aliphatic heterocycles. The lowest BCUT2D eigenvalue weighted by Crippen LogP contribution is -2.42. The fourth-order valence-corrected chi connectivity index (χ4v) is 2.33.